The molecule has 1 aliphatic rings. The van der Waals surface area contributed by atoms with Crippen LogP contribution >= 0.6 is 0 Å². The second-order valence-electron chi connectivity index (χ2n) is 4.37. The number of ether oxygens (including phenoxy) is 1. The molecule has 0 saturated heterocycles. The number of carbonyl (C=O) groups is 1. The minimum Gasteiger partial charge on any atom is -0.466 e. The van der Waals surface area contributed by atoms with Crippen LogP contribution in [0.3, 0.4) is 0 Å². The summed E-state index contributed by atoms with van der Waals surface area (Å²) in [6, 6.07) is 0.243. The smallest absolute Gasteiger partial charge is 0.306 e. The molecule has 1 saturated carbocycles. The Hall–Kier alpha value is -0.570. The molecule has 1 rings (SSSR count). The van der Waals surface area contributed by atoms with E-state index in [1.807, 2.05) is 6.92 Å². The maximum atomic E-state index is 11.2. The highest BCUT2D eigenvalue weighted by Gasteiger charge is 2.46. The first kappa shape index (κ1) is 10.5. The van der Waals surface area contributed by atoms with Crippen LogP contribution in [-0.4, -0.2) is 18.6 Å². The Balaban J connectivity index is 2.36. The Bertz CT molecular complexity index is 201. The molecule has 13 heavy (non-hydrogen) atoms. The Morgan fingerprint density at radius 2 is 2.23 bits per heavy atom. The van der Waals surface area contributed by atoms with Crippen LogP contribution in [0.25, 0.3) is 0 Å². The van der Waals surface area contributed by atoms with Crippen molar-refractivity contribution in [2.75, 3.05) is 6.61 Å². The van der Waals surface area contributed by atoms with Crippen LogP contribution in [0.4, 0.5) is 0 Å². The molecule has 0 amide bonds. The minimum atomic E-state index is -0.0903. The molecule has 3 nitrogen and oxygen atoms in total. The number of rotatable bonds is 3. The maximum absolute atomic E-state index is 11.2. The van der Waals surface area contributed by atoms with E-state index in [1.54, 1.807) is 0 Å². The largest absolute Gasteiger partial charge is 0.466 e. The first-order chi connectivity index (χ1) is 5.98. The monoisotopic (exact) mass is 185 g/mol. The number of hydrogen-bond acceptors (Lipinski definition) is 3. The molecule has 0 radical (unpaired) electrons. The highest BCUT2D eigenvalue weighted by Crippen LogP contribution is 2.46. The van der Waals surface area contributed by atoms with Gasteiger partial charge in [-0.05, 0) is 24.7 Å². The molecule has 0 spiro atoms. The quantitative estimate of drug-likeness (QED) is 0.674. The molecule has 0 heterocycles. The lowest BCUT2D eigenvalue weighted by atomic mass is 9.58. The van der Waals surface area contributed by atoms with Crippen molar-refractivity contribution in [3.8, 4) is 0 Å². The fraction of sp³-hybridized carbons (Fsp3) is 0.900. The van der Waals surface area contributed by atoms with Gasteiger partial charge in [-0.1, -0.05) is 13.8 Å². The average Bonchev–Trinajstić information content (AvgIpc) is 2.04. The van der Waals surface area contributed by atoms with Crippen LogP contribution in [0.15, 0.2) is 0 Å². The third-order valence-corrected chi connectivity index (χ3v) is 3.26. The molecule has 2 N–H and O–H groups in total. The van der Waals surface area contributed by atoms with Gasteiger partial charge in [-0.3, -0.25) is 4.79 Å². The Labute approximate surface area is 79.6 Å². The fourth-order valence-electron chi connectivity index (χ4n) is 1.82. The van der Waals surface area contributed by atoms with Gasteiger partial charge in [0.2, 0.25) is 0 Å². The normalized spacial score (nSPS) is 30.8. The predicted octanol–water partition coefficient (Wildman–Crippen LogP) is 1.31. The minimum absolute atomic E-state index is 0.0903. The first-order valence-electron chi connectivity index (χ1n) is 4.89. The van der Waals surface area contributed by atoms with Gasteiger partial charge < -0.3 is 10.5 Å². The highest BCUT2D eigenvalue weighted by atomic mass is 16.5. The Morgan fingerprint density at radius 3 is 2.62 bits per heavy atom. The van der Waals surface area contributed by atoms with Gasteiger partial charge in [0.05, 0.1) is 6.61 Å². The molecule has 1 fully saturated rings. The fourth-order valence-corrected chi connectivity index (χ4v) is 1.82. The summed E-state index contributed by atoms with van der Waals surface area (Å²) in [5.74, 6) is 0.314. The first-order valence-corrected chi connectivity index (χ1v) is 4.89. The second kappa shape index (κ2) is 3.66. The Kier molecular flexibility index (Phi) is 2.96. The molecule has 0 unspecified atom stereocenters. The second-order valence-corrected chi connectivity index (χ2v) is 4.37. The van der Waals surface area contributed by atoms with Crippen molar-refractivity contribution >= 4 is 5.97 Å². The molecule has 0 aromatic carbocycles. The average molecular weight is 185 g/mol. The maximum Gasteiger partial charge on any atom is 0.306 e. The van der Waals surface area contributed by atoms with Crippen LogP contribution in [-0.2, 0) is 9.53 Å². The van der Waals surface area contributed by atoms with Crippen LogP contribution < -0.4 is 5.73 Å². The molecular weight excluding hydrogens is 166 g/mol. The number of esters is 1. The van der Waals surface area contributed by atoms with Crippen molar-refractivity contribution in [1.29, 1.82) is 0 Å². The van der Waals surface area contributed by atoms with E-state index in [4.69, 9.17) is 10.5 Å². The summed E-state index contributed by atoms with van der Waals surface area (Å²) >= 11 is 0. The van der Waals surface area contributed by atoms with Gasteiger partial charge in [-0.2, -0.15) is 0 Å². The van der Waals surface area contributed by atoms with E-state index in [0.29, 0.717) is 18.9 Å². The number of nitrogens with two attached hydrogens (primary N) is 1. The lowest BCUT2D eigenvalue weighted by Crippen LogP contribution is -2.54. The van der Waals surface area contributed by atoms with Gasteiger partial charge in [0.25, 0.3) is 0 Å². The highest BCUT2D eigenvalue weighted by molar-refractivity contribution is 5.70. The van der Waals surface area contributed by atoms with Crippen LogP contribution in [0.5, 0.6) is 0 Å². The zero-order chi connectivity index (χ0) is 10.1. The zero-order valence-electron chi connectivity index (χ0n) is 8.67. The zero-order valence-corrected chi connectivity index (χ0v) is 8.67. The summed E-state index contributed by atoms with van der Waals surface area (Å²) in [6.07, 6.45) is 1.47. The van der Waals surface area contributed by atoms with Gasteiger partial charge in [0.15, 0.2) is 0 Å². The summed E-state index contributed by atoms with van der Waals surface area (Å²) in [4.78, 5) is 11.2. The Morgan fingerprint density at radius 1 is 1.62 bits per heavy atom. The summed E-state index contributed by atoms with van der Waals surface area (Å²) in [6.45, 7) is 6.53. The van der Waals surface area contributed by atoms with Crippen LogP contribution in [0, 0.1) is 11.3 Å². The lowest BCUT2D eigenvalue weighted by Gasteiger charge is -2.50. The molecule has 0 aliphatic heterocycles. The van der Waals surface area contributed by atoms with Crippen molar-refractivity contribution in [1.82, 2.24) is 0 Å². The molecule has 3 heteroatoms. The standard InChI is InChI=1S/C10H19NO2/c1-4-13-9(12)6-7-5-8(11)10(7,2)3/h7-8H,4-6,11H2,1-3H3/t7-,8+/m1/s1. The van der Waals surface area contributed by atoms with Crippen molar-refractivity contribution in [2.24, 2.45) is 17.1 Å². The van der Waals surface area contributed by atoms with Crippen LogP contribution in [0.1, 0.15) is 33.6 Å². The summed E-state index contributed by atoms with van der Waals surface area (Å²) in [7, 11) is 0. The molecular formula is C10H19NO2. The topological polar surface area (TPSA) is 52.3 Å². The third-order valence-electron chi connectivity index (χ3n) is 3.26. The summed E-state index contributed by atoms with van der Waals surface area (Å²) in [5.41, 5.74) is 5.95. The lowest BCUT2D eigenvalue weighted by molar-refractivity contribution is -0.147. The van der Waals surface area contributed by atoms with Crippen LogP contribution in [0.2, 0.25) is 0 Å². The number of carbonyl (C=O) groups excluding carboxylic acids is 1. The van der Waals surface area contributed by atoms with Gasteiger partial charge in [0, 0.05) is 12.5 Å². The predicted molar refractivity (Wildman–Crippen MR) is 51.1 cm³/mol. The van der Waals surface area contributed by atoms with Crippen molar-refractivity contribution in [3.63, 3.8) is 0 Å². The molecule has 0 aromatic rings. The van der Waals surface area contributed by atoms with E-state index in [-0.39, 0.29) is 17.4 Å². The van der Waals surface area contributed by atoms with E-state index in [2.05, 4.69) is 13.8 Å². The van der Waals surface area contributed by atoms with E-state index in [0.717, 1.165) is 6.42 Å². The third kappa shape index (κ3) is 2.02. The van der Waals surface area contributed by atoms with Gasteiger partial charge in [-0.15, -0.1) is 0 Å². The molecule has 2 atom stereocenters. The van der Waals surface area contributed by atoms with E-state index in [1.165, 1.54) is 0 Å². The molecule has 76 valence electrons. The molecule has 0 aromatic heterocycles. The van der Waals surface area contributed by atoms with E-state index < -0.39 is 0 Å². The molecule has 0 bridgehead atoms. The van der Waals surface area contributed by atoms with Gasteiger partial charge in [-0.25, -0.2) is 0 Å². The summed E-state index contributed by atoms with van der Waals surface area (Å²) in [5, 5.41) is 0. The summed E-state index contributed by atoms with van der Waals surface area (Å²) < 4.78 is 4.90. The van der Waals surface area contributed by atoms with Crippen molar-refractivity contribution in [3.05, 3.63) is 0 Å². The van der Waals surface area contributed by atoms with Crippen molar-refractivity contribution in [2.45, 2.75) is 39.7 Å². The van der Waals surface area contributed by atoms with Gasteiger partial charge in [0.1, 0.15) is 0 Å². The van der Waals surface area contributed by atoms with Crippen molar-refractivity contribution < 1.29 is 9.53 Å². The number of hydrogen-bond donors (Lipinski definition) is 1. The van der Waals surface area contributed by atoms with Gasteiger partial charge >= 0.3 is 5.97 Å². The SMILES string of the molecule is CCOC(=O)C[C@H]1C[C@H](N)C1(C)C. The van der Waals surface area contributed by atoms with E-state index in [9.17, 15) is 4.79 Å². The molecule has 1 aliphatic carbocycles. The van der Waals surface area contributed by atoms with E-state index >= 15 is 0 Å².